The zero-order valence-electron chi connectivity index (χ0n) is 15.1. The number of nitrogens with one attached hydrogen (secondary N) is 1. The Hall–Kier alpha value is -2.29. The van der Waals surface area contributed by atoms with Crippen molar-refractivity contribution in [1.29, 1.82) is 0 Å². The zero-order valence-corrected chi connectivity index (χ0v) is 16.7. The molecule has 0 radical (unpaired) electrons. The van der Waals surface area contributed by atoms with E-state index in [1.807, 2.05) is 39.2 Å². The fourth-order valence-corrected chi connectivity index (χ4v) is 4.03. The number of carbonyl (C=O) groups excluding carboxylic acids is 1. The van der Waals surface area contributed by atoms with Gasteiger partial charge in [0.05, 0.1) is 11.5 Å². The largest absolute Gasteiger partial charge is 0.335 e. The Labute approximate surface area is 167 Å². The van der Waals surface area contributed by atoms with E-state index < -0.39 is 0 Å². The number of hydrogen-bond donors (Lipinski definition) is 1. The van der Waals surface area contributed by atoms with Crippen molar-refractivity contribution in [3.63, 3.8) is 0 Å². The summed E-state index contributed by atoms with van der Waals surface area (Å²) in [7, 11) is 0. The first-order valence-corrected chi connectivity index (χ1v) is 10.2. The highest BCUT2D eigenvalue weighted by molar-refractivity contribution is 7.71. The second kappa shape index (κ2) is 7.75. The van der Waals surface area contributed by atoms with Crippen molar-refractivity contribution in [2.45, 2.75) is 13.6 Å². The number of nitrogens with zero attached hydrogens (tertiary/aromatic N) is 4. The molecule has 2 aromatic heterocycles. The molecule has 0 unspecified atom stereocenters. The van der Waals surface area contributed by atoms with Gasteiger partial charge in [0.25, 0.3) is 5.91 Å². The SMILES string of the molecule is Cc1ccc(-c2nc(=S)n(CN3CCN(C(=O)c4cccs4)CC3)[nH]2)cc1. The van der Waals surface area contributed by atoms with E-state index >= 15 is 0 Å². The topological polar surface area (TPSA) is 57.2 Å². The lowest BCUT2D eigenvalue weighted by Crippen LogP contribution is -2.48. The van der Waals surface area contributed by atoms with E-state index in [4.69, 9.17) is 12.2 Å². The molecule has 8 heteroatoms. The summed E-state index contributed by atoms with van der Waals surface area (Å²) in [6, 6.07) is 12.0. The molecule has 1 amide bonds. The van der Waals surface area contributed by atoms with Crippen LogP contribution in [0.25, 0.3) is 11.4 Å². The number of amides is 1. The molecule has 1 aromatic carbocycles. The number of aromatic amines is 1. The van der Waals surface area contributed by atoms with Gasteiger partial charge in [-0.2, -0.15) is 4.98 Å². The van der Waals surface area contributed by atoms with Crippen molar-refractivity contribution in [1.82, 2.24) is 24.6 Å². The maximum Gasteiger partial charge on any atom is 0.264 e. The summed E-state index contributed by atoms with van der Waals surface area (Å²) in [6.45, 7) is 5.80. The molecule has 140 valence electrons. The number of rotatable bonds is 4. The van der Waals surface area contributed by atoms with E-state index in [0.717, 1.165) is 42.4 Å². The van der Waals surface area contributed by atoms with E-state index in [-0.39, 0.29) is 5.91 Å². The molecule has 0 saturated carbocycles. The monoisotopic (exact) mass is 399 g/mol. The molecular formula is C19H21N5OS2. The third kappa shape index (κ3) is 4.02. The third-order valence-corrected chi connectivity index (χ3v) is 5.91. The van der Waals surface area contributed by atoms with Gasteiger partial charge < -0.3 is 4.90 Å². The molecule has 3 aromatic rings. The molecular weight excluding hydrogens is 378 g/mol. The summed E-state index contributed by atoms with van der Waals surface area (Å²) in [5, 5.41) is 5.24. The maximum atomic E-state index is 12.4. The predicted octanol–water partition coefficient (Wildman–Crippen LogP) is 3.39. The van der Waals surface area contributed by atoms with Gasteiger partial charge in [0.2, 0.25) is 4.77 Å². The molecule has 0 bridgehead atoms. The lowest BCUT2D eigenvalue weighted by atomic mass is 10.1. The number of aryl methyl sites for hydroxylation is 1. The molecule has 3 heterocycles. The summed E-state index contributed by atoms with van der Waals surface area (Å²) in [4.78, 5) is 21.9. The molecule has 1 aliphatic heterocycles. The quantitative estimate of drug-likeness (QED) is 0.683. The Kier molecular flexibility index (Phi) is 5.20. The van der Waals surface area contributed by atoms with E-state index in [1.54, 1.807) is 0 Å². The van der Waals surface area contributed by atoms with Crippen LogP contribution >= 0.6 is 23.6 Å². The van der Waals surface area contributed by atoms with Crippen LogP contribution in [0.4, 0.5) is 0 Å². The Morgan fingerprint density at radius 2 is 1.93 bits per heavy atom. The summed E-state index contributed by atoms with van der Waals surface area (Å²) < 4.78 is 2.43. The van der Waals surface area contributed by atoms with Crippen LogP contribution < -0.4 is 0 Å². The average molecular weight is 400 g/mol. The molecule has 6 nitrogen and oxygen atoms in total. The molecule has 1 fully saturated rings. The zero-order chi connectivity index (χ0) is 18.8. The van der Waals surface area contributed by atoms with E-state index in [1.165, 1.54) is 16.9 Å². The average Bonchev–Trinajstić information content (AvgIpc) is 3.33. The van der Waals surface area contributed by atoms with Crippen molar-refractivity contribution < 1.29 is 4.79 Å². The predicted molar refractivity (Wildman–Crippen MR) is 109 cm³/mol. The number of piperazine rings is 1. The minimum Gasteiger partial charge on any atom is -0.335 e. The molecule has 27 heavy (non-hydrogen) atoms. The van der Waals surface area contributed by atoms with Gasteiger partial charge in [-0.15, -0.1) is 11.3 Å². The van der Waals surface area contributed by atoms with Crippen LogP contribution in [0.3, 0.4) is 0 Å². The molecule has 0 aliphatic carbocycles. The highest BCUT2D eigenvalue weighted by Crippen LogP contribution is 2.17. The Morgan fingerprint density at radius 3 is 2.59 bits per heavy atom. The van der Waals surface area contributed by atoms with Gasteiger partial charge in [-0.25, -0.2) is 4.68 Å². The van der Waals surface area contributed by atoms with Gasteiger partial charge in [0.15, 0.2) is 5.82 Å². The second-order valence-electron chi connectivity index (χ2n) is 6.68. The third-order valence-electron chi connectivity index (χ3n) is 4.74. The number of hydrogen-bond acceptors (Lipinski definition) is 5. The molecule has 0 atom stereocenters. The first kappa shape index (κ1) is 18.1. The fourth-order valence-electron chi connectivity index (χ4n) is 3.14. The molecule has 1 N–H and O–H groups in total. The lowest BCUT2D eigenvalue weighted by Gasteiger charge is -2.34. The highest BCUT2D eigenvalue weighted by atomic mass is 32.1. The number of thiophene rings is 1. The normalized spacial score (nSPS) is 15.2. The summed E-state index contributed by atoms with van der Waals surface area (Å²) in [5.41, 5.74) is 2.24. The van der Waals surface area contributed by atoms with Crippen molar-refractivity contribution in [3.8, 4) is 11.4 Å². The minimum atomic E-state index is 0.129. The Balaban J connectivity index is 1.39. The lowest BCUT2D eigenvalue weighted by molar-refractivity contribution is 0.0590. The number of carbonyl (C=O) groups is 1. The minimum absolute atomic E-state index is 0.129. The Morgan fingerprint density at radius 1 is 1.19 bits per heavy atom. The fraction of sp³-hybridized carbons (Fsp3) is 0.316. The molecule has 4 rings (SSSR count). The van der Waals surface area contributed by atoms with Crippen molar-refractivity contribution in [2.75, 3.05) is 26.2 Å². The molecule has 0 spiro atoms. The highest BCUT2D eigenvalue weighted by Gasteiger charge is 2.23. The first-order valence-electron chi connectivity index (χ1n) is 8.89. The smallest absolute Gasteiger partial charge is 0.264 e. The van der Waals surface area contributed by atoms with Crippen LogP contribution in [-0.2, 0) is 6.67 Å². The number of H-pyrrole nitrogens is 1. The summed E-state index contributed by atoms with van der Waals surface area (Å²) >= 11 is 6.91. The summed E-state index contributed by atoms with van der Waals surface area (Å²) in [6.07, 6.45) is 0. The van der Waals surface area contributed by atoms with Gasteiger partial charge in [-0.05, 0) is 30.6 Å². The van der Waals surface area contributed by atoms with Gasteiger partial charge in [0.1, 0.15) is 0 Å². The maximum absolute atomic E-state index is 12.4. The second-order valence-corrected chi connectivity index (χ2v) is 7.99. The van der Waals surface area contributed by atoms with Crippen molar-refractivity contribution in [2.24, 2.45) is 0 Å². The van der Waals surface area contributed by atoms with Crippen LogP contribution in [0.2, 0.25) is 0 Å². The first-order chi connectivity index (χ1) is 13.1. The van der Waals surface area contributed by atoms with Gasteiger partial charge in [-0.3, -0.25) is 14.8 Å². The number of aromatic nitrogens is 3. The van der Waals surface area contributed by atoms with Gasteiger partial charge in [-0.1, -0.05) is 35.9 Å². The van der Waals surface area contributed by atoms with Crippen LogP contribution in [-0.4, -0.2) is 56.7 Å². The summed E-state index contributed by atoms with van der Waals surface area (Å²) in [5.74, 6) is 0.913. The van der Waals surface area contributed by atoms with Crippen LogP contribution in [0.15, 0.2) is 41.8 Å². The van der Waals surface area contributed by atoms with Crippen LogP contribution in [0, 0.1) is 11.7 Å². The van der Waals surface area contributed by atoms with E-state index in [9.17, 15) is 4.79 Å². The van der Waals surface area contributed by atoms with Crippen molar-refractivity contribution in [3.05, 3.63) is 57.0 Å². The van der Waals surface area contributed by atoms with Gasteiger partial charge in [0, 0.05) is 31.7 Å². The van der Waals surface area contributed by atoms with Crippen LogP contribution in [0.1, 0.15) is 15.2 Å². The number of benzene rings is 1. The van der Waals surface area contributed by atoms with E-state index in [0.29, 0.717) is 11.4 Å². The molecule has 1 aliphatic rings. The standard InChI is InChI=1S/C19H21N5OS2/c1-14-4-6-15(7-5-14)17-20-19(26)24(21-17)13-22-8-10-23(11-9-22)18(25)16-3-2-12-27-16/h2-7,12H,8-11,13H2,1H3,(H,20,21,26). The van der Waals surface area contributed by atoms with Gasteiger partial charge >= 0.3 is 0 Å². The van der Waals surface area contributed by atoms with Crippen molar-refractivity contribution >= 4 is 29.5 Å². The van der Waals surface area contributed by atoms with E-state index in [2.05, 4.69) is 34.0 Å². The Bertz CT molecular complexity index is 966. The molecule has 1 saturated heterocycles. The van der Waals surface area contributed by atoms with Crippen LogP contribution in [0.5, 0.6) is 0 Å².